The Balaban J connectivity index is 1.83. The fraction of sp³-hybridized carbons (Fsp3) is 0.438. The number of piperidine rings is 1. The molecule has 0 radical (unpaired) electrons. The minimum absolute atomic E-state index is 0.0829. The highest BCUT2D eigenvalue weighted by molar-refractivity contribution is 5.89. The van der Waals surface area contributed by atoms with Crippen LogP contribution < -0.4 is 0 Å². The predicted molar refractivity (Wildman–Crippen MR) is 76.9 cm³/mol. The summed E-state index contributed by atoms with van der Waals surface area (Å²) in [5.41, 5.74) is 1.51. The van der Waals surface area contributed by atoms with Crippen molar-refractivity contribution < 1.29 is 19.1 Å². The maximum absolute atomic E-state index is 12.0. The molecule has 0 bridgehead atoms. The number of ether oxygens (including phenoxy) is 1. The van der Waals surface area contributed by atoms with Crippen LogP contribution in [0.2, 0.25) is 0 Å². The normalized spacial score (nSPS) is 14.9. The van der Waals surface area contributed by atoms with E-state index >= 15 is 0 Å². The molecule has 0 aromatic heterocycles. The number of Topliss-reactive ketones (excluding diaryl/α,β-unsaturated/α-hetero) is 1. The van der Waals surface area contributed by atoms with Crippen LogP contribution in [0, 0.1) is 0 Å². The molecule has 5 heteroatoms. The highest BCUT2D eigenvalue weighted by Crippen LogP contribution is 2.11. The van der Waals surface area contributed by atoms with Crippen molar-refractivity contribution in [2.75, 3.05) is 20.2 Å². The largest absolute Gasteiger partial charge is 0.465 e. The molecule has 1 aromatic rings. The van der Waals surface area contributed by atoms with Gasteiger partial charge in [0.1, 0.15) is 5.78 Å². The van der Waals surface area contributed by atoms with E-state index in [9.17, 15) is 14.4 Å². The van der Waals surface area contributed by atoms with Crippen molar-refractivity contribution >= 4 is 17.7 Å². The monoisotopic (exact) mass is 289 g/mol. The molecule has 0 aliphatic carbocycles. The number of nitrogens with zero attached hydrogens (tertiary/aromatic N) is 1. The van der Waals surface area contributed by atoms with Gasteiger partial charge in [-0.15, -0.1) is 0 Å². The number of hydrogen-bond donors (Lipinski definition) is 0. The molecule has 0 spiro atoms. The number of ketones is 1. The highest BCUT2D eigenvalue weighted by Gasteiger charge is 2.20. The molecule has 21 heavy (non-hydrogen) atoms. The summed E-state index contributed by atoms with van der Waals surface area (Å²) >= 11 is 0. The summed E-state index contributed by atoms with van der Waals surface area (Å²) in [6, 6.07) is 7.06. The summed E-state index contributed by atoms with van der Waals surface area (Å²) in [6.07, 6.45) is 2.00. The molecular formula is C16H19NO4. The second-order valence-corrected chi connectivity index (χ2v) is 5.11. The first-order valence-electron chi connectivity index (χ1n) is 7.07. The van der Waals surface area contributed by atoms with E-state index in [1.165, 1.54) is 7.11 Å². The molecule has 5 nitrogen and oxygen atoms in total. The number of carbonyl (C=O) groups is 3. The SMILES string of the molecule is COC(=O)c1ccc(CCC(=O)N2CCC(=O)CC2)cc1. The molecule has 0 atom stereocenters. The van der Waals surface area contributed by atoms with E-state index in [2.05, 4.69) is 4.74 Å². The van der Waals surface area contributed by atoms with E-state index in [0.717, 1.165) is 5.56 Å². The third-order valence-corrected chi connectivity index (χ3v) is 3.68. The molecule has 0 N–H and O–H groups in total. The fourth-order valence-electron chi connectivity index (χ4n) is 2.34. The molecule has 2 rings (SSSR count). The molecule has 1 amide bonds. The molecule has 1 saturated heterocycles. The summed E-state index contributed by atoms with van der Waals surface area (Å²) in [5, 5.41) is 0. The Morgan fingerprint density at radius 2 is 1.76 bits per heavy atom. The Hall–Kier alpha value is -2.17. The average Bonchev–Trinajstić information content (AvgIpc) is 2.53. The Bertz CT molecular complexity index is 526. The molecule has 1 aliphatic heterocycles. The van der Waals surface area contributed by atoms with Crippen LogP contribution in [0.4, 0.5) is 0 Å². The van der Waals surface area contributed by atoms with E-state index in [4.69, 9.17) is 0 Å². The summed E-state index contributed by atoms with van der Waals surface area (Å²) in [4.78, 5) is 36.3. The Labute approximate surface area is 123 Å². The van der Waals surface area contributed by atoms with Crippen LogP contribution in [-0.4, -0.2) is 42.8 Å². The van der Waals surface area contributed by atoms with Crippen LogP contribution in [0.3, 0.4) is 0 Å². The van der Waals surface area contributed by atoms with Gasteiger partial charge in [-0.05, 0) is 24.1 Å². The summed E-state index contributed by atoms with van der Waals surface area (Å²) in [7, 11) is 1.35. The lowest BCUT2D eigenvalue weighted by Gasteiger charge is -2.26. The predicted octanol–water partition coefficient (Wildman–Crippen LogP) is 1.60. The lowest BCUT2D eigenvalue weighted by atomic mass is 10.1. The summed E-state index contributed by atoms with van der Waals surface area (Å²) in [5.74, 6) is -0.0485. The first-order valence-corrected chi connectivity index (χ1v) is 7.07. The van der Waals surface area contributed by atoms with Crippen molar-refractivity contribution in [1.29, 1.82) is 0 Å². The van der Waals surface area contributed by atoms with Gasteiger partial charge in [0.05, 0.1) is 12.7 Å². The van der Waals surface area contributed by atoms with Gasteiger partial charge in [0.25, 0.3) is 0 Å². The summed E-state index contributed by atoms with van der Waals surface area (Å²) in [6.45, 7) is 1.08. The first kappa shape index (κ1) is 15.2. The van der Waals surface area contributed by atoms with Gasteiger partial charge in [-0.1, -0.05) is 12.1 Å². The third-order valence-electron chi connectivity index (χ3n) is 3.68. The number of rotatable bonds is 4. The van der Waals surface area contributed by atoms with Gasteiger partial charge in [0, 0.05) is 32.4 Å². The van der Waals surface area contributed by atoms with Gasteiger partial charge < -0.3 is 9.64 Å². The number of esters is 1. The standard InChI is InChI=1S/C16H19NO4/c1-21-16(20)13-5-2-12(3-6-13)4-7-15(19)17-10-8-14(18)9-11-17/h2-3,5-6H,4,7-11H2,1H3. The molecule has 1 aromatic carbocycles. The maximum atomic E-state index is 12.0. The van der Waals surface area contributed by atoms with Crippen LogP contribution in [0.1, 0.15) is 35.2 Å². The number of aryl methyl sites for hydroxylation is 1. The van der Waals surface area contributed by atoms with E-state index in [1.54, 1.807) is 17.0 Å². The van der Waals surface area contributed by atoms with E-state index in [0.29, 0.717) is 44.3 Å². The fourth-order valence-corrected chi connectivity index (χ4v) is 2.34. The molecule has 0 saturated carbocycles. The third kappa shape index (κ3) is 4.15. The first-order chi connectivity index (χ1) is 10.1. The van der Waals surface area contributed by atoms with Gasteiger partial charge in [-0.25, -0.2) is 4.79 Å². The number of hydrogen-bond acceptors (Lipinski definition) is 4. The van der Waals surface area contributed by atoms with Gasteiger partial charge in [0.2, 0.25) is 5.91 Å². The van der Waals surface area contributed by atoms with Crippen LogP contribution in [0.25, 0.3) is 0 Å². The molecule has 1 heterocycles. The minimum Gasteiger partial charge on any atom is -0.465 e. The van der Waals surface area contributed by atoms with Gasteiger partial charge >= 0.3 is 5.97 Å². The highest BCUT2D eigenvalue weighted by atomic mass is 16.5. The quantitative estimate of drug-likeness (QED) is 0.790. The maximum Gasteiger partial charge on any atom is 0.337 e. The molecule has 1 fully saturated rings. The minimum atomic E-state index is -0.365. The number of carbonyl (C=O) groups excluding carboxylic acids is 3. The van der Waals surface area contributed by atoms with Gasteiger partial charge in [0.15, 0.2) is 0 Å². The van der Waals surface area contributed by atoms with Crippen molar-refractivity contribution in [2.24, 2.45) is 0 Å². The van der Waals surface area contributed by atoms with Crippen molar-refractivity contribution in [3.05, 3.63) is 35.4 Å². The molecular weight excluding hydrogens is 270 g/mol. The Kier molecular flexibility index (Phi) is 5.09. The van der Waals surface area contributed by atoms with Crippen molar-refractivity contribution in [2.45, 2.75) is 25.7 Å². The Morgan fingerprint density at radius 1 is 1.14 bits per heavy atom. The van der Waals surface area contributed by atoms with Crippen molar-refractivity contribution in [3.63, 3.8) is 0 Å². The zero-order chi connectivity index (χ0) is 15.2. The average molecular weight is 289 g/mol. The number of amides is 1. The number of benzene rings is 1. The van der Waals surface area contributed by atoms with E-state index in [-0.39, 0.29) is 17.7 Å². The van der Waals surface area contributed by atoms with Crippen LogP contribution in [-0.2, 0) is 20.7 Å². The molecule has 1 aliphatic rings. The van der Waals surface area contributed by atoms with Gasteiger partial charge in [-0.3, -0.25) is 9.59 Å². The lowest BCUT2D eigenvalue weighted by Crippen LogP contribution is -2.38. The zero-order valence-corrected chi connectivity index (χ0v) is 12.1. The van der Waals surface area contributed by atoms with Crippen LogP contribution in [0.15, 0.2) is 24.3 Å². The second-order valence-electron chi connectivity index (χ2n) is 5.11. The van der Waals surface area contributed by atoms with E-state index < -0.39 is 0 Å². The van der Waals surface area contributed by atoms with Crippen molar-refractivity contribution in [1.82, 2.24) is 4.90 Å². The zero-order valence-electron chi connectivity index (χ0n) is 12.1. The van der Waals surface area contributed by atoms with Crippen molar-refractivity contribution in [3.8, 4) is 0 Å². The van der Waals surface area contributed by atoms with E-state index in [1.807, 2.05) is 12.1 Å². The smallest absolute Gasteiger partial charge is 0.337 e. The topological polar surface area (TPSA) is 63.7 Å². The van der Waals surface area contributed by atoms with Crippen LogP contribution >= 0.6 is 0 Å². The Morgan fingerprint density at radius 3 is 2.33 bits per heavy atom. The number of likely N-dealkylation sites (tertiary alicyclic amines) is 1. The number of methoxy groups -OCH3 is 1. The molecule has 0 unspecified atom stereocenters. The second kappa shape index (κ2) is 7.02. The molecule has 112 valence electrons. The van der Waals surface area contributed by atoms with Crippen LogP contribution in [0.5, 0.6) is 0 Å². The lowest BCUT2D eigenvalue weighted by molar-refractivity contribution is -0.134. The summed E-state index contributed by atoms with van der Waals surface area (Å²) < 4.78 is 4.64. The van der Waals surface area contributed by atoms with Gasteiger partial charge in [-0.2, -0.15) is 0 Å².